The lowest BCUT2D eigenvalue weighted by Crippen LogP contribution is -2.66. The van der Waals surface area contributed by atoms with Crippen molar-refractivity contribution >= 4 is 45.2 Å². The molecule has 10 heterocycles. The summed E-state index contributed by atoms with van der Waals surface area (Å²) in [4.78, 5) is 53.3. The molecule has 0 spiro atoms. The van der Waals surface area contributed by atoms with Gasteiger partial charge in [0.1, 0.15) is 80.9 Å². The summed E-state index contributed by atoms with van der Waals surface area (Å²) in [5.41, 5.74) is -3.21. The number of carbonyl (C=O) groups excluding carboxylic acids is 4. The van der Waals surface area contributed by atoms with E-state index in [1.807, 2.05) is 18.2 Å². The number of nitrogens with zero attached hydrogens (tertiary/aromatic N) is 10. The number of aromatic nitrogens is 10. The van der Waals surface area contributed by atoms with Gasteiger partial charge >= 0.3 is 0 Å². The molecular weight excluding hydrogens is 1640 g/mol. The Morgan fingerprint density at radius 1 is 0.471 bits per heavy atom. The number of aliphatic hydroxyl groups excluding tert-OH is 5. The minimum atomic E-state index is -1.34. The van der Waals surface area contributed by atoms with Crippen LogP contribution in [0.15, 0.2) is 48.0 Å². The zero-order chi connectivity index (χ0) is 85.4. The van der Waals surface area contributed by atoms with Gasteiger partial charge in [-0.1, -0.05) is 38.9 Å². The van der Waals surface area contributed by atoms with Gasteiger partial charge in [0.15, 0.2) is 18.9 Å². The van der Waals surface area contributed by atoms with Crippen LogP contribution in [0.5, 0.6) is 0 Å². The van der Waals surface area contributed by atoms with Crippen molar-refractivity contribution in [2.75, 3.05) is 204 Å². The third-order valence-corrected chi connectivity index (χ3v) is 22.2. The summed E-state index contributed by atoms with van der Waals surface area (Å²) in [5, 5.41) is 91.5. The Morgan fingerprint density at radius 3 is 1.26 bits per heavy atom. The van der Waals surface area contributed by atoms with E-state index in [-0.39, 0.29) is 142 Å². The maximum atomic E-state index is 14.2. The van der Waals surface area contributed by atoms with E-state index in [1.54, 1.807) is 60.4 Å². The van der Waals surface area contributed by atoms with Crippen LogP contribution >= 0.6 is 21.6 Å². The van der Waals surface area contributed by atoms with E-state index in [1.165, 1.54) is 20.8 Å². The van der Waals surface area contributed by atoms with Crippen molar-refractivity contribution < 1.29 is 144 Å². The number of hydrogen-bond donors (Lipinski definition) is 9. The summed E-state index contributed by atoms with van der Waals surface area (Å²) in [6, 6.07) is 3.57. The van der Waals surface area contributed by atoms with E-state index in [0.29, 0.717) is 155 Å². The Hall–Kier alpha value is -5.89. The second-order valence-electron chi connectivity index (χ2n) is 29.7. The molecule has 46 heteroatoms. The number of fused-ring (bicyclic) bond motifs is 6. The van der Waals surface area contributed by atoms with Gasteiger partial charge in [-0.3, -0.25) is 19.2 Å². The number of amides is 4. The van der Waals surface area contributed by atoms with E-state index >= 15 is 0 Å². The number of rotatable bonds is 66. The second-order valence-corrected chi connectivity index (χ2v) is 32.2. The van der Waals surface area contributed by atoms with Crippen LogP contribution in [0.3, 0.4) is 0 Å². The predicted octanol–water partition coefficient (Wildman–Crippen LogP) is -3.05. The van der Waals surface area contributed by atoms with E-state index in [4.69, 9.17) is 99.5 Å². The van der Waals surface area contributed by atoms with Gasteiger partial charge in [0.05, 0.1) is 268 Å². The molecule has 6 aliphatic heterocycles. The smallest absolute Gasteiger partial charge is 0.220 e. The molecular formula is C75H120N14O30S2. The molecule has 0 radical (unpaired) electrons. The minimum absolute atomic E-state index is 0.00889. The first-order valence-corrected chi connectivity index (χ1v) is 43.1. The van der Waals surface area contributed by atoms with Gasteiger partial charge in [0.2, 0.25) is 23.6 Å². The maximum absolute atomic E-state index is 14.2. The highest BCUT2D eigenvalue weighted by Crippen LogP contribution is 2.40. The summed E-state index contributed by atoms with van der Waals surface area (Å²) in [5.74, 6) is -0.349. The van der Waals surface area contributed by atoms with E-state index in [0.717, 1.165) is 23.6 Å². The Morgan fingerprint density at radius 2 is 0.851 bits per heavy atom. The third kappa shape index (κ3) is 32.2. The molecule has 4 aromatic rings. The number of aliphatic hydroxyl groups is 5. The monoisotopic (exact) mass is 1760 g/mol. The van der Waals surface area contributed by atoms with Crippen LogP contribution in [0.1, 0.15) is 70.0 Å². The SMILES string of the molecule is CC(=O)N[C@H]1[C@@H]2OC[C@](COCCOCCOCCOCCn3cc(COCC(COCc4cn(CCOCCOCCOCCOC[C@@]56CO[C@@H](O5)[C@H](NC(C)=O)C[C@H]6O)nn4)(COCc4cn(CCOCCOCCOCCOC[C@@]56CO[C@@H](O5)[C@H](NC(C)=O)[C@@H](O)[C@H]6O)nn4)NC(=O)CCCCCSSc4ccccn4)nn3)(O2)[C@H](O)[C@@H]1O. The number of hydrogen-bond acceptors (Lipinski definition) is 39. The highest BCUT2D eigenvalue weighted by molar-refractivity contribution is 8.76. The molecule has 0 aromatic carbocycles. The van der Waals surface area contributed by atoms with Crippen molar-refractivity contribution in [3.05, 3.63) is 60.1 Å². The highest BCUT2D eigenvalue weighted by Gasteiger charge is 2.61. The number of pyridine rings is 1. The maximum Gasteiger partial charge on any atom is 0.220 e. The van der Waals surface area contributed by atoms with Gasteiger partial charge in [-0.15, -0.1) is 15.3 Å². The molecule has 0 saturated carbocycles. The highest BCUT2D eigenvalue weighted by atomic mass is 33.1. The molecule has 0 aliphatic carbocycles. The fraction of sp³-hybridized carbons (Fsp3) is 0.800. The Bertz CT molecular complexity index is 3490. The van der Waals surface area contributed by atoms with Crippen molar-refractivity contribution in [1.82, 2.24) is 71.2 Å². The summed E-state index contributed by atoms with van der Waals surface area (Å²) in [6.07, 6.45) is 1.30. The number of ether oxygens (including phenoxy) is 21. The first kappa shape index (κ1) is 97.3. The average molecular weight is 1760 g/mol. The van der Waals surface area contributed by atoms with Crippen molar-refractivity contribution in [2.45, 2.75) is 187 Å². The minimum Gasteiger partial charge on any atom is -0.390 e. The van der Waals surface area contributed by atoms with Gasteiger partial charge in [-0.2, -0.15) is 0 Å². The fourth-order valence-electron chi connectivity index (χ4n) is 13.7. The van der Waals surface area contributed by atoms with Gasteiger partial charge in [-0.25, -0.2) is 19.0 Å². The largest absolute Gasteiger partial charge is 0.390 e. The van der Waals surface area contributed by atoms with Crippen LogP contribution in [0.4, 0.5) is 0 Å². The van der Waals surface area contributed by atoms with E-state index < -0.39 is 89.9 Å². The molecule has 6 fully saturated rings. The summed E-state index contributed by atoms with van der Waals surface area (Å²) >= 11 is 0. The van der Waals surface area contributed by atoms with Crippen LogP contribution in [-0.4, -0.2) is 393 Å². The molecule has 4 amide bonds. The number of carbonyl (C=O) groups is 4. The summed E-state index contributed by atoms with van der Waals surface area (Å²) in [6.45, 7) is 11.4. The van der Waals surface area contributed by atoms with Gasteiger partial charge in [0.25, 0.3) is 0 Å². The fourth-order valence-corrected chi connectivity index (χ4v) is 15.7. The molecule has 682 valence electrons. The molecule has 9 N–H and O–H groups in total. The molecule has 6 saturated heterocycles. The van der Waals surface area contributed by atoms with Crippen molar-refractivity contribution in [2.24, 2.45) is 0 Å². The molecule has 44 nitrogen and oxygen atoms in total. The van der Waals surface area contributed by atoms with Crippen molar-refractivity contribution in [1.29, 1.82) is 0 Å². The molecule has 15 atom stereocenters. The Balaban J connectivity index is 0.638. The average Bonchev–Trinajstić information content (AvgIpc) is 1.61. The molecule has 6 bridgehead atoms. The normalized spacial score (nSPS) is 25.9. The lowest BCUT2D eigenvalue weighted by atomic mass is 9.88. The lowest BCUT2D eigenvalue weighted by Gasteiger charge is -2.42. The standard InChI is InChI=1S/C75H120N14O30S2/c1-53(90)77-59-37-60(93)73(50-114-69(59)117-73)47-108-33-30-105-27-24-102-21-18-99-15-12-87-38-56(81-84-87)41-111-44-72(80-61(94)9-5-4-8-36-120-121-62-10-6-7-11-76-62,45-112-42-57-39-88(85-82-57)13-16-100-19-22-103-25-28-106-31-34-109-48-74-51-115-70(118-74)63(78-54(2)91)65(95)67(74)97)46-113-43-58-40-89(86-83-58)14-17-101-20-23-104-26-29-107-32-35-110-49-75-52-116-71(119-75)64(79-55(3)92)66(96)68(75)98/h6-7,10-11,38-40,59-60,63-71,93,95-98H,4-5,8-9,12-37,41-52H2,1-3H3,(H,77,90)(H,78,91)(H,79,92)(H,80,94)/t59-,60-,63-,64-,65-,66-,67-,68-,69+,70-,71+,72?,73+,74+,75+/m1/s1. The van der Waals surface area contributed by atoms with E-state index in [9.17, 15) is 44.7 Å². The summed E-state index contributed by atoms with van der Waals surface area (Å²) in [7, 11) is 3.33. The number of nitrogens with one attached hydrogen (secondary N) is 4. The third-order valence-electron chi connectivity index (χ3n) is 19.9. The lowest BCUT2D eigenvalue weighted by molar-refractivity contribution is -0.238. The molecule has 1 unspecified atom stereocenters. The Labute approximate surface area is 708 Å². The molecule has 10 rings (SSSR count). The first-order chi connectivity index (χ1) is 58.8. The number of unbranched alkanes of at least 4 members (excludes halogenated alkanes) is 2. The van der Waals surface area contributed by atoms with Gasteiger partial charge < -0.3 is 146 Å². The molecule has 121 heavy (non-hydrogen) atoms. The van der Waals surface area contributed by atoms with Crippen LogP contribution in [0.2, 0.25) is 0 Å². The first-order valence-electron chi connectivity index (χ1n) is 40.8. The van der Waals surface area contributed by atoms with Crippen molar-refractivity contribution in [3.8, 4) is 0 Å². The van der Waals surface area contributed by atoms with Gasteiger partial charge in [-0.05, 0) is 35.8 Å². The van der Waals surface area contributed by atoms with Crippen LogP contribution in [0, 0.1) is 0 Å². The topological polar surface area (TPSA) is 516 Å². The Kier molecular flexibility index (Phi) is 42.0. The zero-order valence-corrected chi connectivity index (χ0v) is 70.5. The quantitative estimate of drug-likeness (QED) is 0.0157. The zero-order valence-electron chi connectivity index (χ0n) is 68.8. The molecule has 4 aromatic heterocycles. The second kappa shape index (κ2) is 52.3. The van der Waals surface area contributed by atoms with Crippen LogP contribution < -0.4 is 21.3 Å². The van der Waals surface area contributed by atoms with Crippen LogP contribution in [-0.2, 0) is 158 Å². The van der Waals surface area contributed by atoms with Gasteiger partial charge in [0, 0.05) is 45.6 Å². The van der Waals surface area contributed by atoms with E-state index in [2.05, 4.69) is 57.2 Å². The molecule has 6 aliphatic rings. The van der Waals surface area contributed by atoms with Crippen molar-refractivity contribution in [3.63, 3.8) is 0 Å². The summed E-state index contributed by atoms with van der Waals surface area (Å²) < 4.78 is 127. The van der Waals surface area contributed by atoms with Crippen LogP contribution in [0.25, 0.3) is 0 Å². The predicted molar refractivity (Wildman–Crippen MR) is 419 cm³/mol.